The molecule has 236 valence electrons. The van der Waals surface area contributed by atoms with Gasteiger partial charge in [-0.1, -0.05) is 72.8 Å². The summed E-state index contributed by atoms with van der Waals surface area (Å²) in [6.45, 7) is 8.23. The molecule has 2 aromatic carbocycles. The number of nitrogens with one attached hydrogen (secondary N) is 1. The van der Waals surface area contributed by atoms with Crippen molar-refractivity contribution >= 4 is 23.9 Å². The van der Waals surface area contributed by atoms with E-state index in [1.807, 2.05) is 60.7 Å². The number of rotatable bonds is 17. The predicted octanol–water partition coefficient (Wildman–Crippen LogP) is 4.00. The zero-order chi connectivity index (χ0) is 31.7. The van der Waals surface area contributed by atoms with Crippen molar-refractivity contribution in [1.82, 2.24) is 15.1 Å². The number of hydrogen-bond donors (Lipinski definition) is 2. The maximum atomic E-state index is 13.7. The van der Waals surface area contributed by atoms with Gasteiger partial charge in [0.1, 0.15) is 19.3 Å². The minimum Gasteiger partial charge on any atom is -0.462 e. The average Bonchev–Trinajstić information content (AvgIpc) is 3.51. The van der Waals surface area contributed by atoms with Gasteiger partial charge in [0.15, 0.2) is 0 Å². The van der Waals surface area contributed by atoms with Crippen molar-refractivity contribution in [3.63, 3.8) is 0 Å². The molecule has 1 saturated heterocycles. The lowest BCUT2D eigenvalue weighted by molar-refractivity contribution is -0.150. The van der Waals surface area contributed by atoms with E-state index in [1.54, 1.807) is 15.9 Å². The van der Waals surface area contributed by atoms with Gasteiger partial charge < -0.3 is 29.7 Å². The molecule has 1 aliphatic heterocycles. The molecule has 2 N–H and O–H groups in total. The van der Waals surface area contributed by atoms with Crippen LogP contribution in [0.3, 0.4) is 0 Å². The van der Waals surface area contributed by atoms with Crippen LogP contribution in [0.2, 0.25) is 0 Å². The maximum Gasteiger partial charge on any atom is 0.408 e. The minimum atomic E-state index is -0.991. The summed E-state index contributed by atoms with van der Waals surface area (Å²) in [5.41, 5.74) is 1.74. The number of ether oxygens (including phenoxy) is 2. The lowest BCUT2D eigenvalue weighted by Crippen LogP contribution is -2.46. The van der Waals surface area contributed by atoms with Crippen LogP contribution in [0.1, 0.15) is 43.2 Å². The molecule has 10 nitrogen and oxygen atoms in total. The summed E-state index contributed by atoms with van der Waals surface area (Å²) in [6, 6.07) is 17.3. The zero-order valence-corrected chi connectivity index (χ0v) is 25.1. The Kier molecular flexibility index (Phi) is 14.1. The molecular weight excluding hydrogens is 562 g/mol. The minimum absolute atomic E-state index is 0.0306. The fourth-order valence-electron chi connectivity index (χ4n) is 5.13. The fraction of sp³-hybridized carbons (Fsp3) is 0.412. The zero-order valence-electron chi connectivity index (χ0n) is 25.1. The van der Waals surface area contributed by atoms with Crippen molar-refractivity contribution in [2.75, 3.05) is 26.3 Å². The van der Waals surface area contributed by atoms with Crippen molar-refractivity contribution in [2.45, 2.75) is 57.3 Å². The second kappa shape index (κ2) is 18.3. The van der Waals surface area contributed by atoms with Crippen molar-refractivity contribution in [3.05, 3.63) is 97.1 Å². The molecule has 0 bridgehead atoms. The Balaban J connectivity index is 1.57. The van der Waals surface area contributed by atoms with Crippen LogP contribution in [0.5, 0.6) is 0 Å². The highest BCUT2D eigenvalue weighted by molar-refractivity contribution is 5.86. The van der Waals surface area contributed by atoms with Crippen molar-refractivity contribution in [2.24, 2.45) is 5.92 Å². The van der Waals surface area contributed by atoms with E-state index in [2.05, 4.69) is 18.5 Å². The Labute approximate surface area is 259 Å². The lowest BCUT2D eigenvalue weighted by atomic mass is 9.98. The molecule has 1 heterocycles. The van der Waals surface area contributed by atoms with Crippen LogP contribution in [0.4, 0.5) is 4.79 Å². The smallest absolute Gasteiger partial charge is 0.408 e. The van der Waals surface area contributed by atoms with Gasteiger partial charge in [-0.25, -0.2) is 9.59 Å². The third kappa shape index (κ3) is 10.7. The molecule has 1 fully saturated rings. The summed E-state index contributed by atoms with van der Waals surface area (Å²) in [4.78, 5) is 55.4. The molecule has 0 saturated carbocycles. The largest absolute Gasteiger partial charge is 0.462 e. The molecule has 0 spiro atoms. The number of carbonyl (C=O) groups is 4. The van der Waals surface area contributed by atoms with E-state index in [0.717, 1.165) is 17.5 Å². The van der Waals surface area contributed by atoms with E-state index in [4.69, 9.17) is 9.47 Å². The molecule has 0 radical (unpaired) electrons. The number of allylic oxidation sites excluding steroid dienone is 1. The van der Waals surface area contributed by atoms with Crippen LogP contribution in [0.25, 0.3) is 0 Å². The Bertz CT molecular complexity index is 1240. The number of likely N-dealkylation sites (tertiary alicyclic amines) is 1. The molecule has 0 unspecified atom stereocenters. The third-order valence-electron chi connectivity index (χ3n) is 7.43. The molecule has 3 atom stereocenters. The van der Waals surface area contributed by atoms with Gasteiger partial charge in [-0.2, -0.15) is 0 Å². The van der Waals surface area contributed by atoms with Gasteiger partial charge in [0.2, 0.25) is 11.8 Å². The molecular formula is C34H43N3O7. The highest BCUT2D eigenvalue weighted by Gasteiger charge is 2.35. The number of aliphatic hydroxyl groups excluding tert-OH is 1. The quantitative estimate of drug-likeness (QED) is 0.206. The van der Waals surface area contributed by atoms with Crippen LogP contribution < -0.4 is 5.32 Å². The molecule has 10 heteroatoms. The number of esters is 1. The Morgan fingerprint density at radius 1 is 0.977 bits per heavy atom. The van der Waals surface area contributed by atoms with Gasteiger partial charge in [-0.15, -0.1) is 13.2 Å². The van der Waals surface area contributed by atoms with E-state index in [0.29, 0.717) is 25.9 Å². The van der Waals surface area contributed by atoms with Crippen molar-refractivity contribution in [3.8, 4) is 0 Å². The summed E-state index contributed by atoms with van der Waals surface area (Å²) in [5.74, 6) is -1.73. The first-order valence-electron chi connectivity index (χ1n) is 14.9. The van der Waals surface area contributed by atoms with Crippen LogP contribution in [0.15, 0.2) is 86.0 Å². The predicted molar refractivity (Wildman–Crippen MR) is 166 cm³/mol. The Morgan fingerprint density at radius 3 is 2.27 bits per heavy atom. The lowest BCUT2D eigenvalue weighted by Gasteiger charge is -2.30. The number of aliphatic hydroxyl groups is 1. The number of hydrogen-bond acceptors (Lipinski definition) is 7. The molecule has 2 aromatic rings. The summed E-state index contributed by atoms with van der Waals surface area (Å²) >= 11 is 0. The summed E-state index contributed by atoms with van der Waals surface area (Å²) in [7, 11) is 0. The Hall–Kier alpha value is -4.44. The molecule has 1 aliphatic rings. The number of carbonyl (C=O) groups excluding carboxylic acids is 4. The standard InChI is InChI=1S/C34H43N3O7/c1-3-12-28(22-31(39)36(20-21-38)23-26-14-7-5-8-15-26)32(40)37-19-11-18-29(37)25-43-33(41)30(13-4-2)35-34(42)44-24-27-16-9-6-10-17-27/h3-10,14-17,28-30,38H,1-2,11-13,18-25H2,(H,35,42)/t28-,29+,30-/m1/s1. The molecule has 44 heavy (non-hydrogen) atoms. The van der Waals surface area contributed by atoms with Gasteiger partial charge in [-0.3, -0.25) is 9.59 Å². The number of amides is 3. The van der Waals surface area contributed by atoms with E-state index in [-0.39, 0.29) is 57.1 Å². The number of nitrogens with zero attached hydrogens (tertiary/aromatic N) is 2. The fourth-order valence-corrected chi connectivity index (χ4v) is 5.13. The monoisotopic (exact) mass is 605 g/mol. The van der Waals surface area contributed by atoms with E-state index < -0.39 is 24.0 Å². The van der Waals surface area contributed by atoms with E-state index >= 15 is 0 Å². The molecule has 3 amide bonds. The second-order valence-electron chi connectivity index (χ2n) is 10.7. The van der Waals surface area contributed by atoms with Crippen molar-refractivity contribution in [1.29, 1.82) is 0 Å². The molecule has 3 rings (SSSR count). The number of benzene rings is 2. The third-order valence-corrected chi connectivity index (χ3v) is 7.43. The Morgan fingerprint density at radius 2 is 1.64 bits per heavy atom. The first-order chi connectivity index (χ1) is 21.4. The SMILES string of the molecule is C=CC[C@H](CC(=O)N(CCO)Cc1ccccc1)C(=O)N1CCC[C@H]1COC(=O)[C@@H](CC=C)NC(=O)OCc1ccccc1. The van der Waals surface area contributed by atoms with Crippen molar-refractivity contribution < 1.29 is 33.8 Å². The van der Waals surface area contributed by atoms with Gasteiger partial charge in [0, 0.05) is 26.1 Å². The van der Waals surface area contributed by atoms with Crippen LogP contribution >= 0.6 is 0 Å². The van der Waals surface area contributed by atoms with E-state index in [1.165, 1.54) is 6.08 Å². The molecule has 0 aromatic heterocycles. The summed E-state index contributed by atoms with van der Waals surface area (Å²) < 4.78 is 10.8. The normalized spacial score (nSPS) is 15.5. The first kappa shape index (κ1) is 34.1. The summed E-state index contributed by atoms with van der Waals surface area (Å²) in [5, 5.41) is 12.1. The summed E-state index contributed by atoms with van der Waals surface area (Å²) in [6.07, 6.45) is 4.16. The van der Waals surface area contributed by atoms with Crippen LogP contribution in [-0.2, 0) is 37.0 Å². The van der Waals surface area contributed by atoms with Gasteiger partial charge in [0.05, 0.1) is 18.6 Å². The highest BCUT2D eigenvalue weighted by Crippen LogP contribution is 2.24. The second-order valence-corrected chi connectivity index (χ2v) is 10.7. The maximum absolute atomic E-state index is 13.7. The topological polar surface area (TPSA) is 125 Å². The molecule has 0 aliphatic carbocycles. The number of alkyl carbamates (subject to hydrolysis) is 1. The first-order valence-corrected chi connectivity index (χ1v) is 14.9. The van der Waals surface area contributed by atoms with Gasteiger partial charge in [-0.05, 0) is 36.8 Å². The average molecular weight is 606 g/mol. The highest BCUT2D eigenvalue weighted by atomic mass is 16.6. The van der Waals surface area contributed by atoms with Crippen LogP contribution in [0, 0.1) is 5.92 Å². The van der Waals surface area contributed by atoms with E-state index in [9.17, 15) is 24.3 Å². The van der Waals surface area contributed by atoms with Gasteiger partial charge >= 0.3 is 12.1 Å². The van der Waals surface area contributed by atoms with Crippen LogP contribution in [-0.4, -0.2) is 77.2 Å². The van der Waals surface area contributed by atoms with Gasteiger partial charge in [0.25, 0.3) is 0 Å².